The van der Waals surface area contributed by atoms with E-state index in [9.17, 15) is 9.59 Å². The minimum absolute atomic E-state index is 0.129. The molecule has 0 fully saturated rings. The average Bonchev–Trinajstić information content (AvgIpc) is 3.02. The van der Waals surface area contributed by atoms with Crippen molar-refractivity contribution >= 4 is 11.8 Å². The Morgan fingerprint density at radius 3 is 2.70 bits per heavy atom. The molecule has 2 amide bonds. The van der Waals surface area contributed by atoms with Crippen LogP contribution in [0.5, 0.6) is 0 Å². The van der Waals surface area contributed by atoms with Crippen LogP contribution < -0.4 is 10.6 Å². The highest BCUT2D eigenvalue weighted by Gasteiger charge is 2.11. The van der Waals surface area contributed by atoms with E-state index in [1.807, 2.05) is 13.0 Å². The van der Waals surface area contributed by atoms with Crippen LogP contribution in [0.15, 0.2) is 40.8 Å². The summed E-state index contributed by atoms with van der Waals surface area (Å²) in [5.74, 6) is 0.388. The number of hydrogen-bond acceptors (Lipinski definition) is 4. The Hall–Kier alpha value is -2.60. The molecule has 6 nitrogen and oxygen atoms in total. The molecule has 1 aromatic carbocycles. The highest BCUT2D eigenvalue weighted by Crippen LogP contribution is 2.10. The molecule has 2 aromatic rings. The van der Waals surface area contributed by atoms with Gasteiger partial charge in [0.1, 0.15) is 12.4 Å². The van der Waals surface area contributed by atoms with Crippen LogP contribution in [0.3, 0.4) is 0 Å². The molecule has 0 unspecified atom stereocenters. The van der Waals surface area contributed by atoms with E-state index in [0.717, 1.165) is 5.56 Å². The Morgan fingerprint density at radius 1 is 1.13 bits per heavy atom. The molecule has 2 N–H and O–H groups in total. The fourth-order valence-corrected chi connectivity index (χ4v) is 2.07. The van der Waals surface area contributed by atoms with Crippen molar-refractivity contribution in [3.8, 4) is 0 Å². The number of nitrogens with one attached hydrogen (secondary N) is 2. The van der Waals surface area contributed by atoms with E-state index >= 15 is 0 Å². The minimum atomic E-state index is -0.309. The third-order valence-corrected chi connectivity index (χ3v) is 3.15. The molecule has 6 heteroatoms. The topological polar surface area (TPSA) is 80.6 Å². The van der Waals surface area contributed by atoms with E-state index in [1.54, 1.807) is 37.4 Å². The summed E-state index contributed by atoms with van der Waals surface area (Å²) in [6.07, 6.45) is 0. The van der Waals surface area contributed by atoms with E-state index < -0.39 is 0 Å². The van der Waals surface area contributed by atoms with Gasteiger partial charge in [-0.15, -0.1) is 0 Å². The zero-order valence-corrected chi connectivity index (χ0v) is 13.2. The second-order valence-electron chi connectivity index (χ2n) is 4.94. The van der Waals surface area contributed by atoms with Crippen molar-refractivity contribution in [3.05, 3.63) is 59.0 Å². The number of rotatable bonds is 7. The van der Waals surface area contributed by atoms with Crippen molar-refractivity contribution in [1.82, 2.24) is 10.6 Å². The van der Waals surface area contributed by atoms with E-state index in [2.05, 4.69) is 10.6 Å². The van der Waals surface area contributed by atoms with Crippen molar-refractivity contribution in [1.29, 1.82) is 0 Å². The molecular formula is C17H20N2O4. The van der Waals surface area contributed by atoms with E-state index in [-0.39, 0.29) is 17.6 Å². The summed E-state index contributed by atoms with van der Waals surface area (Å²) in [6, 6.07) is 10.4. The average molecular weight is 316 g/mol. The lowest BCUT2D eigenvalue weighted by Crippen LogP contribution is -2.24. The van der Waals surface area contributed by atoms with Gasteiger partial charge in [0, 0.05) is 25.8 Å². The fraction of sp³-hybridized carbons (Fsp3) is 0.294. The number of ether oxygens (including phenoxy) is 1. The summed E-state index contributed by atoms with van der Waals surface area (Å²) in [6.45, 7) is 3.07. The maximum Gasteiger partial charge on any atom is 0.287 e. The smallest absolute Gasteiger partial charge is 0.287 e. The number of benzene rings is 1. The fourth-order valence-electron chi connectivity index (χ4n) is 2.07. The zero-order chi connectivity index (χ0) is 16.7. The summed E-state index contributed by atoms with van der Waals surface area (Å²) in [4.78, 5) is 23.8. The quantitative estimate of drug-likeness (QED) is 0.820. The van der Waals surface area contributed by atoms with Gasteiger partial charge in [0.15, 0.2) is 5.76 Å². The molecule has 0 aliphatic heterocycles. The lowest BCUT2D eigenvalue weighted by atomic mass is 10.1. The largest absolute Gasteiger partial charge is 0.453 e. The Morgan fingerprint density at radius 2 is 1.96 bits per heavy atom. The van der Waals surface area contributed by atoms with Crippen LogP contribution in [0.25, 0.3) is 0 Å². The first kappa shape index (κ1) is 16.8. The van der Waals surface area contributed by atoms with Gasteiger partial charge < -0.3 is 19.8 Å². The first-order chi connectivity index (χ1) is 11.1. The Balaban J connectivity index is 1.95. The monoisotopic (exact) mass is 316 g/mol. The second-order valence-corrected chi connectivity index (χ2v) is 4.94. The van der Waals surface area contributed by atoms with Gasteiger partial charge in [0.05, 0.1) is 0 Å². The van der Waals surface area contributed by atoms with Gasteiger partial charge in [0.25, 0.3) is 11.8 Å². The summed E-state index contributed by atoms with van der Waals surface area (Å²) < 4.78 is 10.3. The lowest BCUT2D eigenvalue weighted by Gasteiger charge is -2.06. The van der Waals surface area contributed by atoms with Crippen molar-refractivity contribution in [3.63, 3.8) is 0 Å². The molecule has 0 radical (unpaired) electrons. The molecule has 0 saturated heterocycles. The third kappa shape index (κ3) is 4.69. The molecule has 0 spiro atoms. The van der Waals surface area contributed by atoms with E-state index in [1.165, 1.54) is 0 Å². The first-order valence-electron chi connectivity index (χ1n) is 7.37. The normalized spacial score (nSPS) is 10.3. The molecule has 0 saturated carbocycles. The lowest BCUT2D eigenvalue weighted by molar-refractivity contribution is 0.0913. The molecule has 23 heavy (non-hydrogen) atoms. The summed E-state index contributed by atoms with van der Waals surface area (Å²) in [7, 11) is 1.56. The molecule has 1 heterocycles. The van der Waals surface area contributed by atoms with Crippen LogP contribution >= 0.6 is 0 Å². The van der Waals surface area contributed by atoms with Crippen LogP contribution in [0.1, 0.15) is 39.2 Å². The van der Waals surface area contributed by atoms with Gasteiger partial charge >= 0.3 is 0 Å². The number of amides is 2. The van der Waals surface area contributed by atoms with Gasteiger partial charge in [-0.3, -0.25) is 9.59 Å². The number of carbonyl (C=O) groups is 2. The standard InChI is InChI=1S/C17H20N2O4/c1-3-18-16(20)13-6-4-5-12(9-13)10-19-17(21)15-8-7-14(23-15)11-22-2/h4-9H,3,10-11H2,1-2H3,(H,18,20)(H,19,21). The van der Waals surface area contributed by atoms with Crippen LogP contribution in [0.4, 0.5) is 0 Å². The second kappa shape index (κ2) is 8.14. The number of hydrogen-bond donors (Lipinski definition) is 2. The summed E-state index contributed by atoms with van der Waals surface area (Å²) >= 11 is 0. The van der Waals surface area contributed by atoms with Crippen molar-refractivity contribution in [2.75, 3.05) is 13.7 Å². The number of carbonyl (C=O) groups excluding carboxylic acids is 2. The predicted octanol–water partition coefficient (Wildman–Crippen LogP) is 2.11. The summed E-state index contributed by atoms with van der Waals surface area (Å²) in [5.41, 5.74) is 1.41. The number of furan rings is 1. The molecule has 1 aromatic heterocycles. The van der Waals surface area contributed by atoms with Crippen LogP contribution in [0, 0.1) is 0 Å². The van der Waals surface area contributed by atoms with Crippen LogP contribution in [-0.2, 0) is 17.9 Å². The van der Waals surface area contributed by atoms with Gasteiger partial charge in [-0.1, -0.05) is 12.1 Å². The molecule has 0 aliphatic rings. The summed E-state index contributed by atoms with van der Waals surface area (Å²) in [5, 5.41) is 5.50. The van der Waals surface area contributed by atoms with Crippen LogP contribution in [-0.4, -0.2) is 25.5 Å². The SMILES string of the molecule is CCNC(=O)c1cccc(CNC(=O)c2ccc(COC)o2)c1. The molecular weight excluding hydrogens is 296 g/mol. The number of methoxy groups -OCH3 is 1. The molecule has 0 aliphatic carbocycles. The first-order valence-corrected chi connectivity index (χ1v) is 7.37. The maximum absolute atomic E-state index is 12.0. The van der Waals surface area contributed by atoms with Crippen LogP contribution in [0.2, 0.25) is 0 Å². The van der Waals surface area contributed by atoms with E-state index in [0.29, 0.717) is 31.0 Å². The predicted molar refractivity (Wildman–Crippen MR) is 85.0 cm³/mol. The Labute approximate surface area is 134 Å². The highest BCUT2D eigenvalue weighted by molar-refractivity contribution is 5.94. The van der Waals surface area contributed by atoms with Gasteiger partial charge in [-0.25, -0.2) is 0 Å². The van der Waals surface area contributed by atoms with Crippen molar-refractivity contribution in [2.45, 2.75) is 20.1 Å². The third-order valence-electron chi connectivity index (χ3n) is 3.15. The Bertz CT molecular complexity index is 679. The molecule has 0 atom stereocenters. The molecule has 122 valence electrons. The van der Waals surface area contributed by atoms with E-state index in [4.69, 9.17) is 9.15 Å². The Kier molecular flexibility index (Phi) is 5.94. The van der Waals surface area contributed by atoms with Gasteiger partial charge in [-0.2, -0.15) is 0 Å². The van der Waals surface area contributed by atoms with Crippen molar-refractivity contribution < 1.29 is 18.7 Å². The maximum atomic E-state index is 12.0. The molecule has 2 rings (SSSR count). The van der Waals surface area contributed by atoms with Gasteiger partial charge in [0.2, 0.25) is 0 Å². The van der Waals surface area contributed by atoms with Gasteiger partial charge in [-0.05, 0) is 36.8 Å². The molecule has 0 bridgehead atoms. The minimum Gasteiger partial charge on any atom is -0.453 e. The highest BCUT2D eigenvalue weighted by atomic mass is 16.5. The zero-order valence-electron chi connectivity index (χ0n) is 13.2. The van der Waals surface area contributed by atoms with Crippen molar-refractivity contribution in [2.24, 2.45) is 0 Å².